The summed E-state index contributed by atoms with van der Waals surface area (Å²) >= 11 is 3.36. The number of hydrogen-bond donors (Lipinski definition) is 1. The highest BCUT2D eigenvalue weighted by Crippen LogP contribution is 2.32. The summed E-state index contributed by atoms with van der Waals surface area (Å²) in [5.74, 6) is 1.47. The van der Waals surface area contributed by atoms with Gasteiger partial charge in [0, 0.05) is 17.4 Å². The molecule has 0 saturated carbocycles. The van der Waals surface area contributed by atoms with E-state index in [1.807, 2.05) is 0 Å². The van der Waals surface area contributed by atoms with E-state index in [0.717, 1.165) is 6.42 Å². The smallest absolute Gasteiger partial charge is 0.240 e. The van der Waals surface area contributed by atoms with Crippen molar-refractivity contribution in [3.63, 3.8) is 0 Å². The van der Waals surface area contributed by atoms with Gasteiger partial charge in [0.15, 0.2) is 11.5 Å². The zero-order valence-electron chi connectivity index (χ0n) is 12.1. The average molecular weight is 378 g/mol. The third-order valence-electron chi connectivity index (χ3n) is 3.09. The van der Waals surface area contributed by atoms with Gasteiger partial charge in [-0.15, -0.1) is 0 Å². The topological polar surface area (TPSA) is 64.6 Å². The summed E-state index contributed by atoms with van der Waals surface area (Å²) in [5, 5.41) is 0.578. The molecule has 2 rings (SSSR count). The van der Waals surface area contributed by atoms with E-state index in [9.17, 15) is 8.42 Å². The van der Waals surface area contributed by atoms with E-state index >= 15 is 0 Å². The molecule has 0 bridgehead atoms. The van der Waals surface area contributed by atoms with Crippen molar-refractivity contribution in [2.45, 2.75) is 31.2 Å². The maximum atomic E-state index is 12.4. The highest BCUT2D eigenvalue weighted by atomic mass is 79.9. The van der Waals surface area contributed by atoms with Gasteiger partial charge >= 0.3 is 0 Å². The van der Waals surface area contributed by atoms with Gasteiger partial charge < -0.3 is 9.47 Å². The second-order valence-corrected chi connectivity index (χ2v) is 7.77. The van der Waals surface area contributed by atoms with Crippen molar-refractivity contribution < 1.29 is 17.9 Å². The summed E-state index contributed by atoms with van der Waals surface area (Å²) < 4.78 is 38.4. The van der Waals surface area contributed by atoms with Gasteiger partial charge in [-0.1, -0.05) is 29.8 Å². The molecule has 0 radical (unpaired) electrons. The zero-order valence-corrected chi connectivity index (χ0v) is 14.5. The molecule has 1 aliphatic rings. The molecule has 1 atom stereocenters. The zero-order chi connectivity index (χ0) is 15.5. The molecule has 0 saturated heterocycles. The van der Waals surface area contributed by atoms with Crippen LogP contribution in [0, 0.1) is 5.92 Å². The summed E-state index contributed by atoms with van der Waals surface area (Å²) in [7, 11) is -3.57. The summed E-state index contributed by atoms with van der Waals surface area (Å²) in [4.78, 5) is 0.196. The standard InChI is InChI=1S/C14H20BrNO4S/c1-10(2)7-11(9-15)16-21(17,18)12-3-4-13-14(8-12)20-6-5-19-13/h3-4,8,10-11,16H,5-7,9H2,1-2H3. The number of fused-ring (bicyclic) bond motifs is 1. The van der Waals surface area contributed by atoms with Crippen LogP contribution in [0.1, 0.15) is 20.3 Å². The molecule has 1 N–H and O–H groups in total. The molecule has 1 aliphatic heterocycles. The van der Waals surface area contributed by atoms with Crippen LogP contribution in [0.25, 0.3) is 0 Å². The predicted octanol–water partition coefficient (Wildman–Crippen LogP) is 2.55. The van der Waals surface area contributed by atoms with Gasteiger partial charge in [-0.3, -0.25) is 0 Å². The Hall–Kier alpha value is -0.790. The van der Waals surface area contributed by atoms with Gasteiger partial charge in [0.05, 0.1) is 4.90 Å². The molecule has 1 unspecified atom stereocenters. The van der Waals surface area contributed by atoms with E-state index in [1.165, 1.54) is 12.1 Å². The van der Waals surface area contributed by atoms with Gasteiger partial charge in [-0.2, -0.15) is 0 Å². The molecular formula is C14H20BrNO4S. The first-order chi connectivity index (χ1) is 9.92. The Balaban J connectivity index is 2.19. The van der Waals surface area contributed by atoms with Gasteiger partial charge in [0.25, 0.3) is 0 Å². The third kappa shape index (κ3) is 4.34. The molecular weight excluding hydrogens is 358 g/mol. The van der Waals surface area contributed by atoms with Crippen LogP contribution in [0.3, 0.4) is 0 Å². The second kappa shape index (κ2) is 6.98. The fraction of sp³-hybridized carbons (Fsp3) is 0.571. The molecule has 1 aromatic carbocycles. The normalized spacial score (nSPS) is 16.0. The number of rotatable bonds is 6. The van der Waals surface area contributed by atoms with E-state index in [2.05, 4.69) is 34.5 Å². The minimum absolute atomic E-state index is 0.136. The molecule has 0 amide bonds. The van der Waals surface area contributed by atoms with Crippen molar-refractivity contribution in [1.82, 2.24) is 4.72 Å². The van der Waals surface area contributed by atoms with Crippen molar-refractivity contribution in [1.29, 1.82) is 0 Å². The van der Waals surface area contributed by atoms with Crippen LogP contribution in [-0.2, 0) is 10.0 Å². The highest BCUT2D eigenvalue weighted by Gasteiger charge is 2.22. The fourth-order valence-corrected chi connectivity index (χ4v) is 4.09. The SMILES string of the molecule is CC(C)CC(CBr)NS(=O)(=O)c1ccc2c(c1)OCCO2. The van der Waals surface area contributed by atoms with E-state index in [-0.39, 0.29) is 10.9 Å². The van der Waals surface area contributed by atoms with E-state index in [4.69, 9.17) is 9.47 Å². The summed E-state index contributed by atoms with van der Waals surface area (Å²) in [6.07, 6.45) is 0.773. The van der Waals surface area contributed by atoms with E-state index in [1.54, 1.807) is 6.07 Å². The van der Waals surface area contributed by atoms with Crippen LogP contribution >= 0.6 is 15.9 Å². The number of alkyl halides is 1. The fourth-order valence-electron chi connectivity index (χ4n) is 2.19. The molecule has 0 fully saturated rings. The van der Waals surface area contributed by atoms with Crippen molar-refractivity contribution in [2.24, 2.45) is 5.92 Å². The molecule has 118 valence electrons. The van der Waals surface area contributed by atoms with E-state index < -0.39 is 10.0 Å². The Kier molecular flexibility index (Phi) is 5.51. The Bertz CT molecular complexity index is 589. The van der Waals surface area contributed by atoms with Crippen LogP contribution in [0.4, 0.5) is 0 Å². The number of benzene rings is 1. The lowest BCUT2D eigenvalue weighted by Crippen LogP contribution is -2.37. The van der Waals surface area contributed by atoms with Crippen LogP contribution < -0.4 is 14.2 Å². The van der Waals surface area contributed by atoms with Crippen molar-refractivity contribution in [3.8, 4) is 11.5 Å². The Morgan fingerprint density at radius 2 is 1.90 bits per heavy atom. The van der Waals surface area contributed by atoms with Gasteiger partial charge in [0.2, 0.25) is 10.0 Å². The maximum Gasteiger partial charge on any atom is 0.240 e. The van der Waals surface area contributed by atoms with Gasteiger partial charge in [0.1, 0.15) is 13.2 Å². The molecule has 1 heterocycles. The Morgan fingerprint density at radius 1 is 1.24 bits per heavy atom. The summed E-state index contributed by atoms with van der Waals surface area (Å²) in [5.41, 5.74) is 0. The lowest BCUT2D eigenvalue weighted by Gasteiger charge is -2.21. The van der Waals surface area contributed by atoms with Crippen LogP contribution in [0.15, 0.2) is 23.1 Å². The molecule has 1 aromatic rings. The first-order valence-electron chi connectivity index (χ1n) is 6.90. The number of nitrogens with one attached hydrogen (secondary N) is 1. The molecule has 21 heavy (non-hydrogen) atoms. The van der Waals surface area contributed by atoms with Crippen LogP contribution in [0.5, 0.6) is 11.5 Å². The quantitative estimate of drug-likeness (QED) is 0.773. The lowest BCUT2D eigenvalue weighted by atomic mass is 10.1. The number of hydrogen-bond acceptors (Lipinski definition) is 4. The van der Waals surface area contributed by atoms with E-state index in [0.29, 0.717) is 36.0 Å². The molecule has 0 spiro atoms. The first kappa shape index (κ1) is 16.6. The molecule has 5 nitrogen and oxygen atoms in total. The highest BCUT2D eigenvalue weighted by molar-refractivity contribution is 9.09. The maximum absolute atomic E-state index is 12.4. The largest absolute Gasteiger partial charge is 0.486 e. The van der Waals surface area contributed by atoms with Crippen LogP contribution in [-0.4, -0.2) is 33.0 Å². The number of sulfonamides is 1. The minimum Gasteiger partial charge on any atom is -0.486 e. The van der Waals surface area contributed by atoms with Crippen molar-refractivity contribution >= 4 is 26.0 Å². The summed E-state index contributed by atoms with van der Waals surface area (Å²) in [6.45, 7) is 5.04. The van der Waals surface area contributed by atoms with Crippen molar-refractivity contribution in [2.75, 3.05) is 18.5 Å². The van der Waals surface area contributed by atoms with Gasteiger partial charge in [-0.05, 0) is 24.5 Å². The van der Waals surface area contributed by atoms with Crippen LogP contribution in [0.2, 0.25) is 0 Å². The lowest BCUT2D eigenvalue weighted by molar-refractivity contribution is 0.171. The average Bonchev–Trinajstić information content (AvgIpc) is 2.45. The molecule has 0 aliphatic carbocycles. The minimum atomic E-state index is -3.57. The van der Waals surface area contributed by atoms with Crippen molar-refractivity contribution in [3.05, 3.63) is 18.2 Å². The third-order valence-corrected chi connectivity index (χ3v) is 5.39. The van der Waals surface area contributed by atoms with Gasteiger partial charge in [-0.25, -0.2) is 13.1 Å². The molecule has 0 aromatic heterocycles. The number of halogens is 1. The predicted molar refractivity (Wildman–Crippen MR) is 84.8 cm³/mol. The second-order valence-electron chi connectivity index (χ2n) is 5.41. The first-order valence-corrected chi connectivity index (χ1v) is 9.51. The monoisotopic (exact) mass is 377 g/mol. The molecule has 7 heteroatoms. The Morgan fingerprint density at radius 3 is 2.52 bits per heavy atom. The summed E-state index contributed by atoms with van der Waals surface area (Å²) in [6, 6.07) is 4.55. The number of ether oxygens (including phenoxy) is 2. The Labute approximate surface area is 134 Å².